The molecule has 1 fully saturated rings. The second-order valence-corrected chi connectivity index (χ2v) is 5.64. The highest BCUT2D eigenvalue weighted by atomic mass is 35.5. The lowest BCUT2D eigenvalue weighted by molar-refractivity contribution is 0.0503. The number of piperidine rings is 1. The van der Waals surface area contributed by atoms with Crippen molar-refractivity contribution in [3.8, 4) is 0 Å². The Balaban J connectivity index is 2.23. The molecule has 20 heavy (non-hydrogen) atoms. The van der Waals surface area contributed by atoms with Crippen molar-refractivity contribution >= 4 is 17.5 Å². The van der Waals surface area contributed by atoms with Crippen LogP contribution in [0.1, 0.15) is 48.7 Å². The summed E-state index contributed by atoms with van der Waals surface area (Å²) in [6.45, 7) is 2.79. The second kappa shape index (κ2) is 7.04. The Bertz CT molecular complexity index is 479. The van der Waals surface area contributed by atoms with Gasteiger partial charge in [-0.3, -0.25) is 4.79 Å². The van der Waals surface area contributed by atoms with E-state index in [1.54, 1.807) is 11.0 Å². The summed E-state index contributed by atoms with van der Waals surface area (Å²) < 4.78 is 0. The molecule has 5 heteroatoms. The summed E-state index contributed by atoms with van der Waals surface area (Å²) in [5.41, 5.74) is 1.43. The van der Waals surface area contributed by atoms with Crippen molar-refractivity contribution in [3.05, 3.63) is 28.5 Å². The van der Waals surface area contributed by atoms with E-state index in [2.05, 4.69) is 11.9 Å². The van der Waals surface area contributed by atoms with Gasteiger partial charge in [-0.15, -0.1) is 0 Å². The molecule has 1 amide bonds. The zero-order chi connectivity index (χ0) is 14.5. The highest BCUT2D eigenvalue weighted by Crippen LogP contribution is 2.21. The number of aryl methyl sites for hydroxylation is 1. The van der Waals surface area contributed by atoms with E-state index in [-0.39, 0.29) is 18.6 Å². The van der Waals surface area contributed by atoms with Crippen LogP contribution in [0.15, 0.2) is 12.1 Å². The van der Waals surface area contributed by atoms with Crippen molar-refractivity contribution in [1.82, 2.24) is 9.88 Å². The highest BCUT2D eigenvalue weighted by Gasteiger charge is 2.27. The lowest BCUT2D eigenvalue weighted by atomic mass is 10.0. The predicted molar refractivity (Wildman–Crippen MR) is 79.0 cm³/mol. The summed E-state index contributed by atoms with van der Waals surface area (Å²) in [4.78, 5) is 18.6. The number of aliphatic hydroxyl groups is 1. The lowest BCUT2D eigenvalue weighted by Crippen LogP contribution is -2.45. The van der Waals surface area contributed by atoms with Gasteiger partial charge in [0.1, 0.15) is 5.15 Å². The van der Waals surface area contributed by atoms with Crippen LogP contribution >= 0.6 is 11.6 Å². The molecule has 0 aliphatic carbocycles. The van der Waals surface area contributed by atoms with Gasteiger partial charge in [-0.1, -0.05) is 24.9 Å². The summed E-state index contributed by atoms with van der Waals surface area (Å²) in [5.74, 6) is -0.0506. The molecule has 0 radical (unpaired) electrons. The van der Waals surface area contributed by atoms with E-state index in [1.807, 2.05) is 6.07 Å². The fourth-order valence-electron chi connectivity index (χ4n) is 2.68. The maximum Gasteiger partial charge on any atom is 0.254 e. The minimum absolute atomic E-state index is 0.0202. The summed E-state index contributed by atoms with van der Waals surface area (Å²) in [6, 6.07) is 3.37. The van der Waals surface area contributed by atoms with Crippen LogP contribution in [-0.4, -0.2) is 40.1 Å². The third kappa shape index (κ3) is 3.49. The van der Waals surface area contributed by atoms with Gasteiger partial charge >= 0.3 is 0 Å². The molecule has 2 heterocycles. The van der Waals surface area contributed by atoms with Crippen LogP contribution in [0.5, 0.6) is 0 Å². The lowest BCUT2D eigenvalue weighted by Gasteiger charge is -2.34. The number of hydrogen-bond acceptors (Lipinski definition) is 3. The Morgan fingerprint density at radius 3 is 3.00 bits per heavy atom. The topological polar surface area (TPSA) is 53.4 Å². The normalized spacial score (nSPS) is 19.1. The zero-order valence-corrected chi connectivity index (χ0v) is 12.6. The van der Waals surface area contributed by atoms with Gasteiger partial charge in [0.05, 0.1) is 12.6 Å². The average molecular weight is 297 g/mol. The molecular weight excluding hydrogens is 276 g/mol. The zero-order valence-electron chi connectivity index (χ0n) is 11.8. The number of aliphatic hydroxyl groups excluding tert-OH is 1. The maximum absolute atomic E-state index is 12.6. The summed E-state index contributed by atoms with van der Waals surface area (Å²) >= 11 is 6.01. The molecule has 0 spiro atoms. The smallest absolute Gasteiger partial charge is 0.254 e. The number of rotatable bonds is 4. The van der Waals surface area contributed by atoms with E-state index >= 15 is 0 Å². The molecule has 1 N–H and O–H groups in total. The molecule has 110 valence electrons. The largest absolute Gasteiger partial charge is 0.394 e. The third-order valence-corrected chi connectivity index (χ3v) is 3.89. The molecule has 1 atom stereocenters. The molecule has 0 bridgehead atoms. The molecule has 1 aliphatic heterocycles. The van der Waals surface area contributed by atoms with Crippen molar-refractivity contribution in [2.75, 3.05) is 13.2 Å². The average Bonchev–Trinajstić information content (AvgIpc) is 2.46. The van der Waals surface area contributed by atoms with Crippen molar-refractivity contribution in [3.63, 3.8) is 0 Å². The molecule has 4 nitrogen and oxygen atoms in total. The van der Waals surface area contributed by atoms with Crippen molar-refractivity contribution in [1.29, 1.82) is 0 Å². The van der Waals surface area contributed by atoms with Crippen LogP contribution in [0.25, 0.3) is 0 Å². The predicted octanol–water partition coefficient (Wildman–Crippen LogP) is 2.67. The molecule has 1 unspecified atom stereocenters. The SMILES string of the molecule is CCCc1cc(C(=O)N2CCCCC2CO)cc(Cl)n1. The van der Waals surface area contributed by atoms with Gasteiger partial charge < -0.3 is 10.0 Å². The van der Waals surface area contributed by atoms with Gasteiger partial charge in [0.25, 0.3) is 5.91 Å². The highest BCUT2D eigenvalue weighted by molar-refractivity contribution is 6.29. The van der Waals surface area contributed by atoms with Gasteiger partial charge in [0.15, 0.2) is 0 Å². The van der Waals surface area contributed by atoms with E-state index in [9.17, 15) is 9.90 Å². The summed E-state index contributed by atoms with van der Waals surface area (Å²) in [6.07, 6.45) is 4.69. The summed E-state index contributed by atoms with van der Waals surface area (Å²) in [7, 11) is 0. The third-order valence-electron chi connectivity index (χ3n) is 3.70. The molecule has 1 aromatic heterocycles. The monoisotopic (exact) mass is 296 g/mol. The minimum atomic E-state index is -0.0715. The van der Waals surface area contributed by atoms with Gasteiger partial charge in [-0.05, 0) is 37.8 Å². The van der Waals surface area contributed by atoms with Gasteiger partial charge in [-0.25, -0.2) is 4.98 Å². The number of likely N-dealkylation sites (tertiary alicyclic amines) is 1. The number of hydrogen-bond donors (Lipinski definition) is 1. The quantitative estimate of drug-likeness (QED) is 0.869. The maximum atomic E-state index is 12.6. The number of amides is 1. The molecule has 2 rings (SSSR count). The fourth-order valence-corrected chi connectivity index (χ4v) is 2.91. The van der Waals surface area contributed by atoms with Crippen LogP contribution < -0.4 is 0 Å². The number of pyridine rings is 1. The van der Waals surface area contributed by atoms with Crippen molar-refractivity contribution in [2.45, 2.75) is 45.1 Å². The molecule has 0 aromatic carbocycles. The molecular formula is C15H21ClN2O2. The van der Waals surface area contributed by atoms with Crippen LogP contribution in [0, 0.1) is 0 Å². The van der Waals surface area contributed by atoms with Crippen LogP contribution in [0.4, 0.5) is 0 Å². The number of aromatic nitrogens is 1. The van der Waals surface area contributed by atoms with Crippen molar-refractivity contribution < 1.29 is 9.90 Å². The van der Waals surface area contributed by atoms with Gasteiger partial charge in [-0.2, -0.15) is 0 Å². The molecule has 1 aromatic rings. The number of carbonyl (C=O) groups is 1. The first kappa shape index (κ1) is 15.3. The Labute approximate surface area is 124 Å². The standard InChI is InChI=1S/C15H21ClN2O2/c1-2-5-12-8-11(9-14(16)17-12)15(20)18-7-4-3-6-13(18)10-19/h8-9,13,19H,2-7,10H2,1H3. The second-order valence-electron chi connectivity index (χ2n) is 5.25. The Hall–Kier alpha value is -1.13. The number of halogens is 1. The molecule has 0 saturated carbocycles. The summed E-state index contributed by atoms with van der Waals surface area (Å²) in [5, 5.41) is 9.78. The molecule has 1 saturated heterocycles. The Kier molecular flexibility index (Phi) is 5.38. The Morgan fingerprint density at radius 1 is 1.50 bits per heavy atom. The van der Waals surface area contributed by atoms with Crippen LogP contribution in [0.3, 0.4) is 0 Å². The van der Waals surface area contributed by atoms with Crippen LogP contribution in [-0.2, 0) is 6.42 Å². The van der Waals surface area contributed by atoms with Crippen LogP contribution in [0.2, 0.25) is 5.15 Å². The first-order valence-corrected chi connectivity index (χ1v) is 7.61. The van der Waals surface area contributed by atoms with E-state index in [0.717, 1.165) is 37.8 Å². The van der Waals surface area contributed by atoms with E-state index in [1.165, 1.54) is 0 Å². The number of nitrogens with zero attached hydrogens (tertiary/aromatic N) is 2. The number of carbonyl (C=O) groups excluding carboxylic acids is 1. The van der Waals surface area contributed by atoms with Gasteiger partial charge in [0, 0.05) is 17.8 Å². The minimum Gasteiger partial charge on any atom is -0.394 e. The Morgan fingerprint density at radius 2 is 2.30 bits per heavy atom. The van der Waals surface area contributed by atoms with Crippen molar-refractivity contribution in [2.24, 2.45) is 0 Å². The first-order valence-electron chi connectivity index (χ1n) is 7.24. The van der Waals surface area contributed by atoms with E-state index in [0.29, 0.717) is 17.3 Å². The first-order chi connectivity index (χ1) is 9.65. The fraction of sp³-hybridized carbons (Fsp3) is 0.600. The van der Waals surface area contributed by atoms with E-state index < -0.39 is 0 Å². The van der Waals surface area contributed by atoms with Gasteiger partial charge in [0.2, 0.25) is 0 Å². The van der Waals surface area contributed by atoms with E-state index in [4.69, 9.17) is 11.6 Å². The molecule has 1 aliphatic rings.